The number of nitrogens with one attached hydrogen (secondary N) is 2. The van der Waals surface area contributed by atoms with Gasteiger partial charge in [0.1, 0.15) is 5.60 Å². The number of hydrogen-bond donors (Lipinski definition) is 2. The van der Waals surface area contributed by atoms with Crippen LogP contribution in [0.5, 0.6) is 0 Å². The predicted molar refractivity (Wildman–Crippen MR) is 114 cm³/mol. The Morgan fingerprint density at radius 1 is 1.48 bits per heavy atom. The zero-order valence-corrected chi connectivity index (χ0v) is 18.5. The molecule has 1 unspecified atom stereocenters. The van der Waals surface area contributed by atoms with Crippen molar-refractivity contribution in [2.75, 3.05) is 19.6 Å². The van der Waals surface area contributed by atoms with Crippen LogP contribution in [-0.2, 0) is 11.3 Å². The fourth-order valence-corrected chi connectivity index (χ4v) is 3.15. The second-order valence-corrected chi connectivity index (χ2v) is 7.86. The second-order valence-electron chi connectivity index (χ2n) is 6.83. The number of nitrogens with zero attached hydrogens (tertiary/aromatic N) is 2. The fraction of sp³-hybridized carbons (Fsp3) is 0.647. The Bertz CT molecular complexity index is 557. The van der Waals surface area contributed by atoms with E-state index in [1.54, 1.807) is 11.3 Å². The Labute approximate surface area is 171 Å². The Kier molecular flexibility index (Phi) is 8.98. The molecule has 1 aliphatic heterocycles. The molecule has 2 N–H and O–H groups in total. The van der Waals surface area contributed by atoms with E-state index >= 15 is 0 Å². The smallest absolute Gasteiger partial charge is 0.407 e. The van der Waals surface area contributed by atoms with E-state index < -0.39 is 5.60 Å². The van der Waals surface area contributed by atoms with E-state index in [2.05, 4.69) is 33.9 Å². The topological polar surface area (TPSA) is 66.0 Å². The minimum Gasteiger partial charge on any atom is -0.444 e. The van der Waals surface area contributed by atoms with Gasteiger partial charge in [0.15, 0.2) is 5.96 Å². The molecule has 2 rings (SSSR count). The molecule has 6 nitrogen and oxygen atoms in total. The summed E-state index contributed by atoms with van der Waals surface area (Å²) < 4.78 is 5.33. The summed E-state index contributed by atoms with van der Waals surface area (Å²) >= 11 is 1.71. The lowest BCUT2D eigenvalue weighted by molar-refractivity contribution is 0.0507. The zero-order valence-electron chi connectivity index (χ0n) is 15.4. The minimum atomic E-state index is -0.473. The summed E-state index contributed by atoms with van der Waals surface area (Å²) in [7, 11) is 0. The van der Waals surface area contributed by atoms with Crippen molar-refractivity contribution in [2.45, 2.75) is 52.3 Å². The summed E-state index contributed by atoms with van der Waals surface area (Å²) in [5.41, 5.74) is -0.473. The molecule has 142 valence electrons. The number of rotatable bonds is 4. The highest BCUT2D eigenvalue weighted by molar-refractivity contribution is 14.0. The molecule has 0 radical (unpaired) electrons. The van der Waals surface area contributed by atoms with Gasteiger partial charge < -0.3 is 20.3 Å². The van der Waals surface area contributed by atoms with Gasteiger partial charge >= 0.3 is 6.09 Å². The van der Waals surface area contributed by atoms with Crippen molar-refractivity contribution in [3.8, 4) is 0 Å². The molecular formula is C17H29IN4O2S. The van der Waals surface area contributed by atoms with E-state index in [9.17, 15) is 4.79 Å². The maximum Gasteiger partial charge on any atom is 0.407 e. The number of ether oxygens (including phenoxy) is 1. The second kappa shape index (κ2) is 10.2. The molecule has 0 saturated carbocycles. The molecule has 8 heteroatoms. The molecule has 0 spiro atoms. The minimum absolute atomic E-state index is 0. The highest BCUT2D eigenvalue weighted by Crippen LogP contribution is 2.14. The summed E-state index contributed by atoms with van der Waals surface area (Å²) in [6.45, 7) is 10.8. The number of carbonyl (C=O) groups is 1. The standard InChI is InChI=1S/C17H28N4O2S.HI/c1-5-18-15(19-11-14-7-6-10-24-14)21-9-8-13(12-21)20-16(22)23-17(2,3)4;/h6-7,10,13H,5,8-9,11-12H2,1-4H3,(H,18,19)(H,20,22);1H. The van der Waals surface area contributed by atoms with Crippen LogP contribution < -0.4 is 10.6 Å². The summed E-state index contributed by atoms with van der Waals surface area (Å²) in [4.78, 5) is 20.0. The van der Waals surface area contributed by atoms with E-state index in [4.69, 9.17) is 9.73 Å². The lowest BCUT2D eigenvalue weighted by Crippen LogP contribution is -2.44. The first kappa shape index (κ1) is 22.0. The van der Waals surface area contributed by atoms with Crippen molar-refractivity contribution in [1.82, 2.24) is 15.5 Å². The maximum atomic E-state index is 11.9. The molecule has 1 saturated heterocycles. The van der Waals surface area contributed by atoms with Gasteiger partial charge in [-0.3, -0.25) is 0 Å². The average Bonchev–Trinajstić information content (AvgIpc) is 3.12. The number of alkyl carbamates (subject to hydrolysis) is 1. The molecule has 1 amide bonds. The van der Waals surface area contributed by atoms with Gasteiger partial charge in [-0.25, -0.2) is 9.79 Å². The number of thiophene rings is 1. The SMILES string of the molecule is CCNC(=NCc1cccs1)N1CCC(NC(=O)OC(C)(C)C)C1.I. The number of halogens is 1. The first-order valence-corrected chi connectivity index (χ1v) is 9.30. The fourth-order valence-electron chi connectivity index (χ4n) is 2.53. The third-order valence-electron chi connectivity index (χ3n) is 3.51. The molecule has 2 heterocycles. The van der Waals surface area contributed by atoms with Gasteiger partial charge in [-0.1, -0.05) is 6.07 Å². The first-order valence-electron chi connectivity index (χ1n) is 8.42. The molecule has 0 bridgehead atoms. The van der Waals surface area contributed by atoms with Gasteiger partial charge in [0.2, 0.25) is 0 Å². The van der Waals surface area contributed by atoms with E-state index in [0.717, 1.165) is 32.0 Å². The molecule has 25 heavy (non-hydrogen) atoms. The highest BCUT2D eigenvalue weighted by Gasteiger charge is 2.27. The molecular weight excluding hydrogens is 451 g/mol. The monoisotopic (exact) mass is 480 g/mol. The largest absolute Gasteiger partial charge is 0.444 e. The number of amides is 1. The normalized spacial score (nSPS) is 17.8. The molecule has 1 aliphatic rings. The number of likely N-dealkylation sites (tertiary alicyclic amines) is 1. The van der Waals surface area contributed by atoms with Gasteiger partial charge in [-0.15, -0.1) is 35.3 Å². The van der Waals surface area contributed by atoms with Crippen molar-refractivity contribution in [3.63, 3.8) is 0 Å². The van der Waals surface area contributed by atoms with Crippen molar-refractivity contribution in [1.29, 1.82) is 0 Å². The Balaban J connectivity index is 0.00000312. The summed E-state index contributed by atoms with van der Waals surface area (Å²) in [5.74, 6) is 0.902. The molecule has 1 aromatic heterocycles. The van der Waals surface area contributed by atoms with Gasteiger partial charge in [0, 0.05) is 24.5 Å². The summed E-state index contributed by atoms with van der Waals surface area (Å²) in [6, 6.07) is 4.22. The summed E-state index contributed by atoms with van der Waals surface area (Å²) in [5, 5.41) is 8.35. The first-order chi connectivity index (χ1) is 11.4. The Hall–Kier alpha value is -1.03. The van der Waals surface area contributed by atoms with Crippen LogP contribution in [0.4, 0.5) is 4.79 Å². The number of aliphatic imine (C=N–C) groups is 1. The van der Waals surface area contributed by atoms with Crippen molar-refractivity contribution in [3.05, 3.63) is 22.4 Å². The van der Waals surface area contributed by atoms with Crippen LogP contribution in [0.3, 0.4) is 0 Å². The quantitative estimate of drug-likeness (QED) is 0.394. The third kappa shape index (κ3) is 7.81. The predicted octanol–water partition coefficient (Wildman–Crippen LogP) is 3.43. The van der Waals surface area contributed by atoms with Crippen molar-refractivity contribution >= 4 is 47.4 Å². The van der Waals surface area contributed by atoms with Gasteiger partial charge in [0.25, 0.3) is 0 Å². The average molecular weight is 480 g/mol. The molecule has 1 aromatic rings. The van der Waals surface area contributed by atoms with Gasteiger partial charge in [0.05, 0.1) is 12.6 Å². The van der Waals surface area contributed by atoms with Crippen LogP contribution in [0, 0.1) is 0 Å². The van der Waals surface area contributed by atoms with Crippen LogP contribution in [0.25, 0.3) is 0 Å². The van der Waals surface area contributed by atoms with Crippen molar-refractivity contribution in [2.24, 2.45) is 4.99 Å². The third-order valence-corrected chi connectivity index (χ3v) is 4.37. The van der Waals surface area contributed by atoms with Crippen LogP contribution in [0.2, 0.25) is 0 Å². The molecule has 0 aromatic carbocycles. The van der Waals surface area contributed by atoms with Crippen LogP contribution in [-0.4, -0.2) is 48.2 Å². The van der Waals surface area contributed by atoms with E-state index in [0.29, 0.717) is 6.54 Å². The molecule has 0 aliphatic carbocycles. The van der Waals surface area contributed by atoms with Gasteiger partial charge in [-0.2, -0.15) is 0 Å². The zero-order chi connectivity index (χ0) is 17.6. The number of carbonyl (C=O) groups excluding carboxylic acids is 1. The Morgan fingerprint density at radius 3 is 2.84 bits per heavy atom. The highest BCUT2D eigenvalue weighted by atomic mass is 127. The molecule has 1 atom stereocenters. The Morgan fingerprint density at radius 2 is 2.24 bits per heavy atom. The molecule has 1 fully saturated rings. The number of hydrogen-bond acceptors (Lipinski definition) is 4. The van der Waals surface area contributed by atoms with Crippen LogP contribution in [0.15, 0.2) is 22.5 Å². The van der Waals surface area contributed by atoms with E-state index in [1.165, 1.54) is 4.88 Å². The van der Waals surface area contributed by atoms with Crippen LogP contribution in [0.1, 0.15) is 39.0 Å². The number of guanidine groups is 1. The van der Waals surface area contributed by atoms with E-state index in [-0.39, 0.29) is 36.1 Å². The van der Waals surface area contributed by atoms with Gasteiger partial charge in [-0.05, 0) is 45.6 Å². The summed E-state index contributed by atoms with van der Waals surface area (Å²) in [6.07, 6.45) is 0.540. The lowest BCUT2D eigenvalue weighted by Gasteiger charge is -2.23. The lowest BCUT2D eigenvalue weighted by atomic mass is 10.2. The maximum absolute atomic E-state index is 11.9. The van der Waals surface area contributed by atoms with E-state index in [1.807, 2.05) is 26.8 Å². The van der Waals surface area contributed by atoms with Crippen LogP contribution >= 0.6 is 35.3 Å². The van der Waals surface area contributed by atoms with Crippen molar-refractivity contribution < 1.29 is 9.53 Å².